The average Bonchev–Trinajstić information content (AvgIpc) is 2.19. The first kappa shape index (κ1) is 10.1. The third kappa shape index (κ3) is 2.02. The molecule has 0 aliphatic heterocycles. The minimum absolute atomic E-state index is 0.0692. The lowest BCUT2D eigenvalue weighted by Crippen LogP contribution is -1.97. The van der Waals surface area contributed by atoms with Gasteiger partial charge in [-0.1, -0.05) is 5.92 Å². The van der Waals surface area contributed by atoms with Crippen molar-refractivity contribution in [3.63, 3.8) is 0 Å². The number of rotatable bonds is 2. The molecule has 3 heteroatoms. The second-order valence-electron chi connectivity index (χ2n) is 2.70. The van der Waals surface area contributed by atoms with Crippen LogP contribution in [-0.4, -0.2) is 6.61 Å². The molecule has 0 radical (unpaired) electrons. The SMILES string of the molecule is C#CCOc1cc(C)c(F)cc1C#N. The molecular weight excluding hydrogens is 181 g/mol. The lowest BCUT2D eigenvalue weighted by molar-refractivity contribution is 0.368. The minimum Gasteiger partial charge on any atom is -0.480 e. The molecule has 1 rings (SSSR count). The molecule has 0 bridgehead atoms. The third-order valence-electron chi connectivity index (χ3n) is 1.69. The highest BCUT2D eigenvalue weighted by molar-refractivity contribution is 5.45. The first-order valence-electron chi connectivity index (χ1n) is 3.95. The quantitative estimate of drug-likeness (QED) is 0.667. The average molecular weight is 189 g/mol. The molecule has 0 saturated heterocycles. The van der Waals surface area contributed by atoms with E-state index in [0.29, 0.717) is 11.3 Å². The fourth-order valence-electron chi connectivity index (χ4n) is 0.981. The second kappa shape index (κ2) is 4.30. The van der Waals surface area contributed by atoms with Gasteiger partial charge >= 0.3 is 0 Å². The predicted octanol–water partition coefficient (Wildman–Crippen LogP) is 2.02. The largest absolute Gasteiger partial charge is 0.480 e. The highest BCUT2D eigenvalue weighted by atomic mass is 19.1. The van der Waals surface area contributed by atoms with Crippen molar-refractivity contribution < 1.29 is 9.13 Å². The van der Waals surface area contributed by atoms with Crippen molar-refractivity contribution in [3.05, 3.63) is 29.1 Å². The van der Waals surface area contributed by atoms with Crippen LogP contribution in [0.4, 0.5) is 4.39 Å². The number of halogens is 1. The van der Waals surface area contributed by atoms with Crippen LogP contribution in [0.15, 0.2) is 12.1 Å². The molecule has 0 atom stereocenters. The summed E-state index contributed by atoms with van der Waals surface area (Å²) in [7, 11) is 0. The van der Waals surface area contributed by atoms with Gasteiger partial charge in [-0.3, -0.25) is 0 Å². The van der Waals surface area contributed by atoms with Crippen molar-refractivity contribution in [1.82, 2.24) is 0 Å². The highest BCUT2D eigenvalue weighted by Crippen LogP contribution is 2.21. The number of ether oxygens (including phenoxy) is 1. The first-order chi connectivity index (χ1) is 6.69. The Hall–Kier alpha value is -2.00. The number of terminal acetylenes is 1. The highest BCUT2D eigenvalue weighted by Gasteiger charge is 2.07. The Morgan fingerprint density at radius 3 is 2.86 bits per heavy atom. The van der Waals surface area contributed by atoms with Gasteiger partial charge in [0.05, 0.1) is 5.56 Å². The van der Waals surface area contributed by atoms with E-state index in [1.807, 2.05) is 6.07 Å². The lowest BCUT2D eigenvalue weighted by Gasteiger charge is -2.06. The zero-order valence-electron chi connectivity index (χ0n) is 7.67. The van der Waals surface area contributed by atoms with Crippen LogP contribution in [0, 0.1) is 36.4 Å². The summed E-state index contributed by atoms with van der Waals surface area (Å²) in [6.45, 7) is 1.67. The van der Waals surface area contributed by atoms with E-state index >= 15 is 0 Å². The Bertz CT molecular complexity index is 426. The van der Waals surface area contributed by atoms with E-state index in [1.54, 1.807) is 6.92 Å². The smallest absolute Gasteiger partial charge is 0.148 e. The summed E-state index contributed by atoms with van der Waals surface area (Å²) in [4.78, 5) is 0. The van der Waals surface area contributed by atoms with Gasteiger partial charge in [0.15, 0.2) is 0 Å². The molecule has 0 fully saturated rings. The van der Waals surface area contributed by atoms with Crippen molar-refractivity contribution >= 4 is 0 Å². The second-order valence-corrected chi connectivity index (χ2v) is 2.70. The van der Waals surface area contributed by atoms with Gasteiger partial charge in [-0.25, -0.2) is 4.39 Å². The normalized spacial score (nSPS) is 8.86. The summed E-state index contributed by atoms with van der Waals surface area (Å²) in [6, 6.07) is 4.44. The maximum absolute atomic E-state index is 13.0. The van der Waals surface area contributed by atoms with E-state index in [4.69, 9.17) is 16.4 Å². The van der Waals surface area contributed by atoms with Crippen molar-refractivity contribution in [2.24, 2.45) is 0 Å². The molecule has 0 aliphatic rings. The van der Waals surface area contributed by atoms with Gasteiger partial charge in [0, 0.05) is 0 Å². The van der Waals surface area contributed by atoms with Crippen LogP contribution in [-0.2, 0) is 0 Å². The van der Waals surface area contributed by atoms with E-state index in [0.717, 1.165) is 6.07 Å². The number of nitrogens with zero attached hydrogens (tertiary/aromatic N) is 1. The van der Waals surface area contributed by atoms with Crippen LogP contribution in [0.3, 0.4) is 0 Å². The van der Waals surface area contributed by atoms with E-state index < -0.39 is 5.82 Å². The minimum atomic E-state index is -0.422. The molecule has 2 nitrogen and oxygen atoms in total. The van der Waals surface area contributed by atoms with Gasteiger partial charge in [-0.05, 0) is 24.6 Å². The summed E-state index contributed by atoms with van der Waals surface area (Å²) in [5.41, 5.74) is 0.583. The molecule has 0 aliphatic carbocycles. The number of nitriles is 1. The van der Waals surface area contributed by atoms with E-state index in [9.17, 15) is 4.39 Å². The van der Waals surface area contributed by atoms with E-state index in [2.05, 4.69) is 5.92 Å². The maximum Gasteiger partial charge on any atom is 0.148 e. The van der Waals surface area contributed by atoms with Crippen LogP contribution in [0.5, 0.6) is 5.75 Å². The van der Waals surface area contributed by atoms with Gasteiger partial charge < -0.3 is 4.74 Å². The van der Waals surface area contributed by atoms with Crippen molar-refractivity contribution in [1.29, 1.82) is 5.26 Å². The summed E-state index contributed by atoms with van der Waals surface area (Å²) < 4.78 is 18.1. The zero-order chi connectivity index (χ0) is 10.6. The molecule has 0 aromatic heterocycles. The number of hydrogen-bond donors (Lipinski definition) is 0. The van der Waals surface area contributed by atoms with Crippen LogP contribution in [0.2, 0.25) is 0 Å². The van der Waals surface area contributed by atoms with Crippen LogP contribution in [0.1, 0.15) is 11.1 Å². The molecule has 0 amide bonds. The maximum atomic E-state index is 13.0. The topological polar surface area (TPSA) is 33.0 Å². The Balaban J connectivity index is 3.10. The molecule has 70 valence electrons. The third-order valence-corrected chi connectivity index (χ3v) is 1.69. The lowest BCUT2D eigenvalue weighted by atomic mass is 10.1. The Morgan fingerprint density at radius 2 is 2.29 bits per heavy atom. The Kier molecular flexibility index (Phi) is 3.09. The standard InChI is InChI=1S/C11H8FNO/c1-3-4-14-11-5-8(2)10(12)6-9(11)7-13/h1,5-6H,4H2,2H3. The predicted molar refractivity (Wildman–Crippen MR) is 50.2 cm³/mol. The van der Waals surface area contributed by atoms with Crippen LogP contribution in [0.25, 0.3) is 0 Å². The summed E-state index contributed by atoms with van der Waals surface area (Å²) in [5.74, 6) is 2.18. The molecule has 0 N–H and O–H groups in total. The molecule has 0 unspecified atom stereocenters. The number of benzene rings is 1. The Labute approximate surface area is 81.9 Å². The Morgan fingerprint density at radius 1 is 1.57 bits per heavy atom. The van der Waals surface area contributed by atoms with Gasteiger partial charge in [0.2, 0.25) is 0 Å². The van der Waals surface area contributed by atoms with Gasteiger partial charge in [-0.15, -0.1) is 6.42 Å². The van der Waals surface area contributed by atoms with Gasteiger partial charge in [0.25, 0.3) is 0 Å². The fourth-order valence-corrected chi connectivity index (χ4v) is 0.981. The van der Waals surface area contributed by atoms with Crippen LogP contribution >= 0.6 is 0 Å². The number of aryl methyl sites for hydroxylation is 1. The van der Waals surface area contributed by atoms with Crippen molar-refractivity contribution in [2.45, 2.75) is 6.92 Å². The summed E-state index contributed by atoms with van der Waals surface area (Å²) in [5, 5.41) is 8.68. The van der Waals surface area contributed by atoms with E-state index in [-0.39, 0.29) is 12.2 Å². The number of hydrogen-bond acceptors (Lipinski definition) is 2. The molecule has 0 spiro atoms. The summed E-state index contributed by atoms with van der Waals surface area (Å²) in [6.07, 6.45) is 5.00. The van der Waals surface area contributed by atoms with E-state index in [1.165, 1.54) is 6.07 Å². The molecule has 1 aromatic carbocycles. The van der Waals surface area contributed by atoms with Gasteiger partial charge in [0.1, 0.15) is 24.2 Å². The zero-order valence-corrected chi connectivity index (χ0v) is 7.67. The van der Waals surface area contributed by atoms with Crippen molar-refractivity contribution in [2.75, 3.05) is 6.61 Å². The van der Waals surface area contributed by atoms with Crippen molar-refractivity contribution in [3.8, 4) is 24.2 Å². The monoisotopic (exact) mass is 189 g/mol. The van der Waals surface area contributed by atoms with Crippen LogP contribution < -0.4 is 4.74 Å². The van der Waals surface area contributed by atoms with Gasteiger partial charge in [-0.2, -0.15) is 5.26 Å². The molecule has 0 heterocycles. The molecule has 1 aromatic rings. The molecular formula is C11H8FNO. The first-order valence-corrected chi connectivity index (χ1v) is 3.95. The fraction of sp³-hybridized carbons (Fsp3) is 0.182. The molecule has 14 heavy (non-hydrogen) atoms. The molecule has 0 saturated carbocycles. The summed E-state index contributed by atoms with van der Waals surface area (Å²) >= 11 is 0.